The van der Waals surface area contributed by atoms with Crippen LogP contribution in [-0.4, -0.2) is 5.54 Å². The molecular weight excluding hydrogens is 221 g/mol. The lowest BCUT2D eigenvalue weighted by Crippen LogP contribution is -2.29. The van der Waals surface area contributed by atoms with Gasteiger partial charge in [-0.1, -0.05) is 11.6 Å². The quantitative estimate of drug-likeness (QED) is 0.779. The van der Waals surface area contributed by atoms with Crippen molar-refractivity contribution in [2.75, 3.05) is 0 Å². The highest BCUT2D eigenvalue weighted by Crippen LogP contribution is 2.23. The smallest absolute Gasteiger partial charge is 0.141 e. The Morgan fingerprint density at radius 2 is 2.00 bits per heavy atom. The van der Waals surface area contributed by atoms with Crippen LogP contribution in [0.2, 0.25) is 5.02 Å². The van der Waals surface area contributed by atoms with Crippen LogP contribution in [0.1, 0.15) is 20.8 Å². The topological polar surface area (TPSA) is 12.0 Å². The molecule has 0 aromatic heterocycles. The second kappa shape index (κ2) is 4.51. The summed E-state index contributed by atoms with van der Waals surface area (Å²) in [6, 6.07) is 4.68. The van der Waals surface area contributed by atoms with E-state index < -0.39 is 0 Å². The Morgan fingerprint density at radius 3 is 2.50 bits per heavy atom. The summed E-state index contributed by atoms with van der Waals surface area (Å²) in [7, 11) is 0. The number of nitrogens with one attached hydrogen (secondary N) is 1. The zero-order valence-corrected chi connectivity index (χ0v) is 9.97. The van der Waals surface area contributed by atoms with Crippen LogP contribution in [0, 0.1) is 5.82 Å². The van der Waals surface area contributed by atoms with E-state index in [1.54, 1.807) is 12.1 Å². The molecule has 0 fully saturated rings. The van der Waals surface area contributed by atoms with Gasteiger partial charge in [-0.25, -0.2) is 4.39 Å². The van der Waals surface area contributed by atoms with Gasteiger partial charge in [0.2, 0.25) is 0 Å². The first-order chi connectivity index (χ1) is 6.38. The molecule has 1 aromatic carbocycles. The van der Waals surface area contributed by atoms with Crippen molar-refractivity contribution in [1.82, 2.24) is 4.72 Å². The fourth-order valence-corrected chi connectivity index (χ4v) is 1.73. The van der Waals surface area contributed by atoms with Crippen LogP contribution in [0.4, 0.5) is 4.39 Å². The fourth-order valence-electron chi connectivity index (χ4n) is 0.752. The van der Waals surface area contributed by atoms with Gasteiger partial charge in [-0.3, -0.25) is 4.72 Å². The summed E-state index contributed by atoms with van der Waals surface area (Å²) in [5.74, 6) is -0.383. The lowest BCUT2D eigenvalue weighted by Gasteiger charge is -2.19. The second-order valence-corrected chi connectivity index (χ2v) is 5.32. The third kappa shape index (κ3) is 3.86. The minimum atomic E-state index is -0.383. The van der Waals surface area contributed by atoms with Crippen molar-refractivity contribution in [1.29, 1.82) is 0 Å². The first kappa shape index (κ1) is 11.8. The van der Waals surface area contributed by atoms with Crippen LogP contribution in [0.3, 0.4) is 0 Å². The maximum Gasteiger partial charge on any atom is 0.141 e. The molecule has 0 bridgehead atoms. The van der Waals surface area contributed by atoms with E-state index in [1.165, 1.54) is 18.0 Å². The summed E-state index contributed by atoms with van der Waals surface area (Å²) in [6.07, 6.45) is 0. The predicted molar refractivity (Wildman–Crippen MR) is 60.2 cm³/mol. The van der Waals surface area contributed by atoms with E-state index in [0.29, 0.717) is 0 Å². The highest BCUT2D eigenvalue weighted by Gasteiger charge is 2.09. The van der Waals surface area contributed by atoms with Gasteiger partial charge in [-0.05, 0) is 50.9 Å². The zero-order valence-electron chi connectivity index (χ0n) is 8.40. The van der Waals surface area contributed by atoms with Crippen LogP contribution in [0.15, 0.2) is 23.1 Å². The summed E-state index contributed by atoms with van der Waals surface area (Å²) >= 11 is 7.10. The molecule has 4 heteroatoms. The average molecular weight is 234 g/mol. The predicted octanol–water partition coefficient (Wildman–Crippen LogP) is 3.87. The summed E-state index contributed by atoms with van der Waals surface area (Å²) < 4.78 is 16.0. The normalized spacial score (nSPS) is 11.8. The molecule has 78 valence electrons. The Labute approximate surface area is 93.2 Å². The Balaban J connectivity index is 2.65. The molecule has 0 aliphatic carbocycles. The van der Waals surface area contributed by atoms with Crippen molar-refractivity contribution in [3.63, 3.8) is 0 Å². The highest BCUT2D eigenvalue weighted by atomic mass is 35.5. The Morgan fingerprint density at radius 1 is 1.36 bits per heavy atom. The molecule has 1 aromatic rings. The van der Waals surface area contributed by atoms with Crippen molar-refractivity contribution < 1.29 is 4.39 Å². The summed E-state index contributed by atoms with van der Waals surface area (Å²) in [5, 5.41) is 0.158. The molecule has 0 amide bonds. The minimum Gasteiger partial charge on any atom is -0.255 e. The molecule has 14 heavy (non-hydrogen) atoms. The van der Waals surface area contributed by atoms with E-state index in [0.717, 1.165) is 4.90 Å². The molecule has 0 aliphatic rings. The lowest BCUT2D eigenvalue weighted by atomic mass is 10.1. The van der Waals surface area contributed by atoms with Gasteiger partial charge in [-0.2, -0.15) is 0 Å². The minimum absolute atomic E-state index is 0.0194. The Kier molecular flexibility index (Phi) is 3.81. The van der Waals surface area contributed by atoms with Crippen LogP contribution in [0.5, 0.6) is 0 Å². The van der Waals surface area contributed by atoms with Gasteiger partial charge < -0.3 is 0 Å². The summed E-state index contributed by atoms with van der Waals surface area (Å²) in [5.41, 5.74) is 0.0194. The maximum atomic E-state index is 12.8. The third-order valence-electron chi connectivity index (χ3n) is 1.37. The molecule has 0 heterocycles. The van der Waals surface area contributed by atoms with Gasteiger partial charge >= 0.3 is 0 Å². The molecule has 0 saturated heterocycles. The molecule has 1 rings (SSSR count). The van der Waals surface area contributed by atoms with E-state index in [9.17, 15) is 4.39 Å². The SMILES string of the molecule is CC(C)(C)NSc1ccc(F)c(Cl)c1. The number of halogens is 2. The zero-order chi connectivity index (χ0) is 10.8. The van der Waals surface area contributed by atoms with Crippen molar-refractivity contribution >= 4 is 23.5 Å². The molecular formula is C10H13ClFNS. The molecule has 0 spiro atoms. The molecule has 0 aliphatic heterocycles. The number of hydrogen-bond donors (Lipinski definition) is 1. The van der Waals surface area contributed by atoms with Crippen LogP contribution >= 0.6 is 23.5 Å². The van der Waals surface area contributed by atoms with Gasteiger partial charge in [0.1, 0.15) is 5.82 Å². The Hall–Kier alpha value is -0.250. The second-order valence-electron chi connectivity index (χ2n) is 4.03. The van der Waals surface area contributed by atoms with Gasteiger partial charge in [0.25, 0.3) is 0 Å². The van der Waals surface area contributed by atoms with Gasteiger partial charge in [-0.15, -0.1) is 0 Å². The monoisotopic (exact) mass is 233 g/mol. The molecule has 0 radical (unpaired) electrons. The maximum absolute atomic E-state index is 12.8. The van der Waals surface area contributed by atoms with Gasteiger partial charge in [0.15, 0.2) is 0 Å². The van der Waals surface area contributed by atoms with Crippen molar-refractivity contribution in [3.05, 3.63) is 29.0 Å². The first-order valence-corrected chi connectivity index (χ1v) is 5.47. The van der Waals surface area contributed by atoms with Crippen LogP contribution in [-0.2, 0) is 0 Å². The largest absolute Gasteiger partial charge is 0.255 e. The van der Waals surface area contributed by atoms with Crippen molar-refractivity contribution in [3.8, 4) is 0 Å². The molecule has 1 N–H and O–H groups in total. The highest BCUT2D eigenvalue weighted by molar-refractivity contribution is 7.97. The number of benzene rings is 1. The van der Waals surface area contributed by atoms with Crippen LogP contribution < -0.4 is 4.72 Å². The molecule has 0 unspecified atom stereocenters. The van der Waals surface area contributed by atoms with E-state index >= 15 is 0 Å². The van der Waals surface area contributed by atoms with E-state index in [1.807, 2.05) is 0 Å². The van der Waals surface area contributed by atoms with Gasteiger partial charge in [0.05, 0.1) is 5.02 Å². The average Bonchev–Trinajstić information content (AvgIpc) is 2.06. The van der Waals surface area contributed by atoms with Crippen molar-refractivity contribution in [2.24, 2.45) is 0 Å². The Bertz CT molecular complexity index is 322. The summed E-state index contributed by atoms with van der Waals surface area (Å²) in [6.45, 7) is 6.18. The van der Waals surface area contributed by atoms with E-state index in [2.05, 4.69) is 25.5 Å². The number of rotatable bonds is 2. The summed E-state index contributed by atoms with van der Waals surface area (Å²) in [4.78, 5) is 0.909. The standard InChI is InChI=1S/C10H13ClFNS/c1-10(2,3)13-14-7-4-5-9(12)8(11)6-7/h4-6,13H,1-3H3. The first-order valence-electron chi connectivity index (χ1n) is 4.27. The molecule has 0 saturated carbocycles. The van der Waals surface area contributed by atoms with E-state index in [-0.39, 0.29) is 16.4 Å². The molecule has 0 atom stereocenters. The van der Waals surface area contributed by atoms with Crippen molar-refractivity contribution in [2.45, 2.75) is 31.2 Å². The molecule has 1 nitrogen and oxygen atoms in total. The third-order valence-corrected chi connectivity index (χ3v) is 2.86. The van der Waals surface area contributed by atoms with E-state index in [4.69, 9.17) is 11.6 Å². The van der Waals surface area contributed by atoms with Gasteiger partial charge in [0, 0.05) is 10.4 Å². The van der Waals surface area contributed by atoms with Crippen LogP contribution in [0.25, 0.3) is 0 Å². The lowest BCUT2D eigenvalue weighted by molar-refractivity contribution is 0.535. The number of hydrogen-bond acceptors (Lipinski definition) is 2. The fraction of sp³-hybridized carbons (Fsp3) is 0.400.